The second-order valence-corrected chi connectivity index (χ2v) is 10.6. The van der Waals surface area contributed by atoms with Gasteiger partial charge in [-0.2, -0.15) is 0 Å². The van der Waals surface area contributed by atoms with Gasteiger partial charge in [0.05, 0.1) is 5.76 Å². The molecule has 16 heavy (non-hydrogen) atoms. The van der Waals surface area contributed by atoms with Gasteiger partial charge in [0.15, 0.2) is 0 Å². The molecule has 0 heterocycles. The Morgan fingerprint density at radius 3 is 2.75 bits per heavy atom. The number of allylic oxidation sites excluding steroid dienone is 3. The third-order valence-corrected chi connectivity index (χ3v) is 3.92. The number of hydrogen-bond acceptors (Lipinski definition) is 1. The Kier molecular flexibility index (Phi) is 4.42. The third kappa shape index (κ3) is 4.56. The molecule has 1 nitrogen and oxygen atoms in total. The van der Waals surface area contributed by atoms with E-state index >= 15 is 0 Å². The Balaban J connectivity index is 2.49. The van der Waals surface area contributed by atoms with E-state index < -0.39 is 8.32 Å². The molecule has 0 bridgehead atoms. The Bertz CT molecular complexity index is 275. The molecule has 1 rings (SSSR count). The van der Waals surface area contributed by atoms with Crippen molar-refractivity contribution in [2.45, 2.75) is 58.7 Å². The van der Waals surface area contributed by atoms with Crippen LogP contribution in [0.1, 0.15) is 39.0 Å². The largest absolute Gasteiger partial charge is 0.548 e. The van der Waals surface area contributed by atoms with Gasteiger partial charge in [-0.15, -0.1) is 6.58 Å². The molecule has 0 amide bonds. The van der Waals surface area contributed by atoms with Crippen LogP contribution in [0.2, 0.25) is 19.6 Å². The summed E-state index contributed by atoms with van der Waals surface area (Å²) in [5, 5.41) is 0. The van der Waals surface area contributed by atoms with E-state index in [1.807, 2.05) is 6.08 Å². The topological polar surface area (TPSA) is 9.23 Å². The van der Waals surface area contributed by atoms with Crippen molar-refractivity contribution in [3.8, 4) is 0 Å². The average Bonchev–Trinajstić information content (AvgIpc) is 2.45. The first-order valence-electron chi connectivity index (χ1n) is 6.36. The summed E-state index contributed by atoms with van der Waals surface area (Å²) in [5.74, 6) is 1.25. The molecule has 0 saturated heterocycles. The van der Waals surface area contributed by atoms with Crippen molar-refractivity contribution in [1.82, 2.24) is 0 Å². The van der Waals surface area contributed by atoms with E-state index in [0.717, 1.165) is 12.8 Å². The van der Waals surface area contributed by atoms with Crippen LogP contribution in [0.15, 0.2) is 24.5 Å². The Labute approximate surface area is 102 Å². The van der Waals surface area contributed by atoms with E-state index in [0.29, 0.717) is 5.41 Å². The van der Waals surface area contributed by atoms with E-state index in [2.05, 4.69) is 39.2 Å². The molecule has 0 aromatic carbocycles. The second-order valence-electron chi connectivity index (χ2n) is 6.16. The zero-order chi connectivity index (χ0) is 12.2. The van der Waals surface area contributed by atoms with Crippen LogP contribution in [0.3, 0.4) is 0 Å². The van der Waals surface area contributed by atoms with Gasteiger partial charge >= 0.3 is 0 Å². The third-order valence-electron chi connectivity index (χ3n) is 3.05. The van der Waals surface area contributed by atoms with Crippen molar-refractivity contribution in [1.29, 1.82) is 0 Å². The minimum atomic E-state index is -1.41. The van der Waals surface area contributed by atoms with Crippen molar-refractivity contribution < 1.29 is 4.43 Å². The smallest absolute Gasteiger partial charge is 0.241 e. The van der Waals surface area contributed by atoms with Crippen LogP contribution in [-0.2, 0) is 4.43 Å². The van der Waals surface area contributed by atoms with Crippen LogP contribution in [0.5, 0.6) is 0 Å². The maximum atomic E-state index is 6.08. The summed E-state index contributed by atoms with van der Waals surface area (Å²) >= 11 is 0. The lowest BCUT2D eigenvalue weighted by Crippen LogP contribution is -2.24. The molecule has 2 heteroatoms. The molecule has 0 saturated carbocycles. The van der Waals surface area contributed by atoms with Gasteiger partial charge in [0.2, 0.25) is 8.32 Å². The molecular formula is C14H26OSi. The first kappa shape index (κ1) is 13.6. The second kappa shape index (κ2) is 5.22. The fourth-order valence-electron chi connectivity index (χ4n) is 2.26. The van der Waals surface area contributed by atoms with Crippen molar-refractivity contribution in [2.75, 3.05) is 0 Å². The van der Waals surface area contributed by atoms with Crippen LogP contribution in [0.25, 0.3) is 0 Å². The van der Waals surface area contributed by atoms with Gasteiger partial charge in [-0.1, -0.05) is 13.0 Å². The summed E-state index contributed by atoms with van der Waals surface area (Å²) in [6, 6.07) is 0. The first-order valence-corrected chi connectivity index (χ1v) is 9.77. The summed E-state index contributed by atoms with van der Waals surface area (Å²) in [7, 11) is -1.41. The standard InChI is InChI=1S/C14H26OSi/c1-6-7-8-10-14(2)11-9-13(12-14)15-16(3,4)5/h6,12H,1,7-11H2,2-5H3. The van der Waals surface area contributed by atoms with Gasteiger partial charge in [-0.3, -0.25) is 0 Å². The van der Waals surface area contributed by atoms with Crippen LogP contribution < -0.4 is 0 Å². The highest BCUT2D eigenvalue weighted by Gasteiger charge is 2.30. The minimum Gasteiger partial charge on any atom is -0.548 e. The van der Waals surface area contributed by atoms with E-state index in [4.69, 9.17) is 4.43 Å². The summed E-state index contributed by atoms with van der Waals surface area (Å²) in [5.41, 5.74) is 0.373. The maximum Gasteiger partial charge on any atom is 0.241 e. The quantitative estimate of drug-likeness (QED) is 0.364. The molecule has 0 aromatic heterocycles. The van der Waals surface area contributed by atoms with Crippen molar-refractivity contribution in [3.63, 3.8) is 0 Å². The van der Waals surface area contributed by atoms with Gasteiger partial charge in [-0.05, 0) is 56.8 Å². The first-order chi connectivity index (χ1) is 7.35. The minimum absolute atomic E-state index is 0.373. The SMILES string of the molecule is C=CCCCC1(C)C=C(O[Si](C)(C)C)CC1. The fraction of sp³-hybridized carbons (Fsp3) is 0.714. The maximum absolute atomic E-state index is 6.08. The molecule has 0 aliphatic heterocycles. The van der Waals surface area contributed by atoms with Gasteiger partial charge in [0, 0.05) is 6.42 Å². The average molecular weight is 238 g/mol. The van der Waals surface area contributed by atoms with E-state index in [1.54, 1.807) is 0 Å². The van der Waals surface area contributed by atoms with Gasteiger partial charge < -0.3 is 4.43 Å². The van der Waals surface area contributed by atoms with E-state index in [-0.39, 0.29) is 0 Å². The van der Waals surface area contributed by atoms with E-state index in [1.165, 1.54) is 25.0 Å². The molecule has 1 atom stereocenters. The van der Waals surface area contributed by atoms with Crippen molar-refractivity contribution in [3.05, 3.63) is 24.5 Å². The normalized spacial score (nSPS) is 25.4. The molecule has 1 aliphatic carbocycles. The molecule has 1 unspecified atom stereocenters. The van der Waals surface area contributed by atoms with E-state index in [9.17, 15) is 0 Å². The zero-order valence-corrected chi connectivity index (χ0v) is 12.3. The van der Waals surface area contributed by atoms with Crippen LogP contribution in [0, 0.1) is 5.41 Å². The van der Waals surface area contributed by atoms with Crippen molar-refractivity contribution in [2.24, 2.45) is 5.41 Å². The Hall–Kier alpha value is -0.503. The molecule has 0 spiro atoms. The number of unbranched alkanes of at least 4 members (excludes halogenated alkanes) is 1. The van der Waals surface area contributed by atoms with Crippen LogP contribution in [0.4, 0.5) is 0 Å². The molecule has 1 aliphatic rings. The number of rotatable bonds is 6. The fourth-order valence-corrected chi connectivity index (χ4v) is 3.21. The molecular weight excluding hydrogens is 212 g/mol. The highest BCUT2D eigenvalue weighted by Crippen LogP contribution is 2.40. The predicted octanol–water partition coefficient (Wildman–Crippen LogP) is 4.88. The number of hydrogen-bond donors (Lipinski definition) is 0. The lowest BCUT2D eigenvalue weighted by molar-refractivity contribution is 0.369. The molecule has 0 fully saturated rings. The van der Waals surface area contributed by atoms with Crippen molar-refractivity contribution >= 4 is 8.32 Å². The lowest BCUT2D eigenvalue weighted by Gasteiger charge is -2.21. The Morgan fingerprint density at radius 2 is 2.19 bits per heavy atom. The highest BCUT2D eigenvalue weighted by atomic mass is 28.4. The predicted molar refractivity (Wildman–Crippen MR) is 73.9 cm³/mol. The summed E-state index contributed by atoms with van der Waals surface area (Å²) < 4.78 is 6.08. The summed E-state index contributed by atoms with van der Waals surface area (Å²) in [4.78, 5) is 0. The van der Waals surface area contributed by atoms with Gasteiger partial charge in [0.25, 0.3) is 0 Å². The molecule has 92 valence electrons. The molecule has 0 N–H and O–H groups in total. The lowest BCUT2D eigenvalue weighted by atomic mass is 9.85. The van der Waals surface area contributed by atoms with Crippen LogP contribution in [-0.4, -0.2) is 8.32 Å². The van der Waals surface area contributed by atoms with Gasteiger partial charge in [0.1, 0.15) is 0 Å². The summed E-state index contributed by atoms with van der Waals surface area (Å²) in [6.45, 7) is 12.9. The highest BCUT2D eigenvalue weighted by molar-refractivity contribution is 6.70. The monoisotopic (exact) mass is 238 g/mol. The Morgan fingerprint density at radius 1 is 1.50 bits per heavy atom. The molecule has 0 radical (unpaired) electrons. The molecule has 0 aromatic rings. The summed E-state index contributed by atoms with van der Waals surface area (Å²) in [6.07, 6.45) is 10.4. The zero-order valence-electron chi connectivity index (χ0n) is 11.3. The van der Waals surface area contributed by atoms with Gasteiger partial charge in [-0.25, -0.2) is 0 Å². The van der Waals surface area contributed by atoms with Crippen LogP contribution >= 0.6 is 0 Å².